The van der Waals surface area contributed by atoms with Gasteiger partial charge in [-0.15, -0.1) is 0 Å². The predicted molar refractivity (Wildman–Crippen MR) is 69.9 cm³/mol. The van der Waals surface area contributed by atoms with Gasteiger partial charge in [-0.3, -0.25) is 9.59 Å². The maximum Gasteiger partial charge on any atom is 0.407 e. The van der Waals surface area contributed by atoms with E-state index >= 15 is 0 Å². The first kappa shape index (κ1) is 15.5. The molecule has 108 valence electrons. The Labute approximate surface area is 115 Å². The van der Waals surface area contributed by atoms with Crippen molar-refractivity contribution in [3.8, 4) is 0 Å². The van der Waals surface area contributed by atoms with Crippen LogP contribution in [0.1, 0.15) is 12.5 Å². The summed E-state index contributed by atoms with van der Waals surface area (Å²) in [7, 11) is 0. The Kier molecular flexibility index (Phi) is 6.02. The first-order valence-corrected chi connectivity index (χ1v) is 5.95. The molecule has 3 N–H and O–H groups in total. The van der Waals surface area contributed by atoms with Crippen LogP contribution in [0.4, 0.5) is 4.79 Å². The lowest BCUT2D eigenvalue weighted by atomic mass is 10.2. The van der Waals surface area contributed by atoms with Crippen LogP contribution in [0.15, 0.2) is 30.3 Å². The van der Waals surface area contributed by atoms with E-state index in [2.05, 4.69) is 10.6 Å². The third kappa shape index (κ3) is 5.85. The monoisotopic (exact) mass is 280 g/mol. The molecule has 0 radical (unpaired) electrons. The SMILES string of the molecule is CC(NC(=O)CNC(=O)OCc1ccccc1)C(=O)O. The summed E-state index contributed by atoms with van der Waals surface area (Å²) < 4.78 is 4.88. The van der Waals surface area contributed by atoms with Crippen molar-refractivity contribution in [2.45, 2.75) is 19.6 Å². The van der Waals surface area contributed by atoms with Crippen molar-refractivity contribution in [2.24, 2.45) is 0 Å². The summed E-state index contributed by atoms with van der Waals surface area (Å²) in [5.74, 6) is -1.75. The molecule has 0 heterocycles. The Hall–Kier alpha value is -2.57. The molecule has 0 aliphatic rings. The number of aliphatic carboxylic acids is 1. The number of carboxylic acid groups (broad SMARTS) is 1. The number of nitrogens with one attached hydrogen (secondary N) is 2. The quantitative estimate of drug-likeness (QED) is 0.704. The van der Waals surface area contributed by atoms with Gasteiger partial charge in [0, 0.05) is 0 Å². The largest absolute Gasteiger partial charge is 0.480 e. The second kappa shape index (κ2) is 7.78. The summed E-state index contributed by atoms with van der Waals surface area (Å²) in [6.07, 6.45) is -0.744. The third-order valence-electron chi connectivity index (χ3n) is 2.35. The normalized spacial score (nSPS) is 11.2. The lowest BCUT2D eigenvalue weighted by Gasteiger charge is -2.10. The molecule has 0 aliphatic carbocycles. The fourth-order valence-electron chi connectivity index (χ4n) is 1.28. The fourth-order valence-corrected chi connectivity index (χ4v) is 1.28. The average Bonchev–Trinajstić information content (AvgIpc) is 2.43. The lowest BCUT2D eigenvalue weighted by Crippen LogP contribution is -2.44. The molecule has 1 rings (SSSR count). The van der Waals surface area contributed by atoms with Crippen molar-refractivity contribution in [2.75, 3.05) is 6.54 Å². The minimum absolute atomic E-state index is 0.0970. The average molecular weight is 280 g/mol. The summed E-state index contributed by atoms with van der Waals surface area (Å²) in [5, 5.41) is 13.0. The van der Waals surface area contributed by atoms with Gasteiger partial charge in [0.05, 0.1) is 0 Å². The number of amides is 2. The van der Waals surface area contributed by atoms with E-state index in [1.54, 1.807) is 12.1 Å². The van der Waals surface area contributed by atoms with E-state index in [9.17, 15) is 14.4 Å². The molecule has 0 aromatic heterocycles. The molecule has 0 saturated heterocycles. The van der Waals surface area contributed by atoms with Crippen LogP contribution in [-0.2, 0) is 20.9 Å². The third-order valence-corrected chi connectivity index (χ3v) is 2.35. The van der Waals surface area contributed by atoms with Gasteiger partial charge in [0.2, 0.25) is 5.91 Å². The first-order valence-electron chi connectivity index (χ1n) is 5.95. The van der Waals surface area contributed by atoms with Crippen molar-refractivity contribution < 1.29 is 24.2 Å². The van der Waals surface area contributed by atoms with E-state index in [-0.39, 0.29) is 13.2 Å². The highest BCUT2D eigenvalue weighted by Gasteiger charge is 2.14. The Morgan fingerprint density at radius 3 is 2.50 bits per heavy atom. The molecule has 1 unspecified atom stereocenters. The van der Waals surface area contributed by atoms with Crippen LogP contribution in [0.25, 0.3) is 0 Å². The number of carboxylic acids is 1. The first-order chi connectivity index (χ1) is 9.49. The standard InChI is InChI=1S/C13H16N2O5/c1-9(12(17)18)15-11(16)7-14-13(19)20-8-10-5-3-2-4-6-10/h2-6,9H,7-8H2,1H3,(H,14,19)(H,15,16)(H,17,18). The van der Waals surface area contributed by atoms with Gasteiger partial charge < -0.3 is 20.5 Å². The van der Waals surface area contributed by atoms with Crippen LogP contribution in [0.2, 0.25) is 0 Å². The van der Waals surface area contributed by atoms with E-state index < -0.39 is 24.0 Å². The van der Waals surface area contributed by atoms with Crippen molar-refractivity contribution in [3.63, 3.8) is 0 Å². The zero-order valence-corrected chi connectivity index (χ0v) is 11.0. The van der Waals surface area contributed by atoms with Crippen LogP contribution >= 0.6 is 0 Å². The topological polar surface area (TPSA) is 105 Å². The molecule has 2 amide bonds. The highest BCUT2D eigenvalue weighted by atomic mass is 16.5. The second-order valence-electron chi connectivity index (χ2n) is 4.04. The summed E-state index contributed by atoms with van der Waals surface area (Å²) in [6.45, 7) is 1.08. The van der Waals surface area contributed by atoms with Crippen molar-refractivity contribution >= 4 is 18.0 Å². The number of hydrogen-bond acceptors (Lipinski definition) is 4. The zero-order valence-electron chi connectivity index (χ0n) is 11.0. The van der Waals surface area contributed by atoms with Crippen molar-refractivity contribution in [1.29, 1.82) is 0 Å². The molecular weight excluding hydrogens is 264 g/mol. The maximum atomic E-state index is 11.3. The van der Waals surface area contributed by atoms with E-state index in [4.69, 9.17) is 9.84 Å². The predicted octanol–water partition coefficient (Wildman–Crippen LogP) is 0.502. The molecule has 0 aliphatic heterocycles. The molecule has 0 saturated carbocycles. The number of benzene rings is 1. The molecule has 0 bridgehead atoms. The van der Waals surface area contributed by atoms with Crippen LogP contribution < -0.4 is 10.6 Å². The van der Waals surface area contributed by atoms with E-state index in [0.717, 1.165) is 5.56 Å². The second-order valence-corrected chi connectivity index (χ2v) is 4.04. The summed E-state index contributed by atoms with van der Waals surface area (Å²) in [6, 6.07) is 8.07. The van der Waals surface area contributed by atoms with Gasteiger partial charge in [-0.2, -0.15) is 0 Å². The highest BCUT2D eigenvalue weighted by Crippen LogP contribution is 2.00. The molecule has 0 fully saturated rings. The molecule has 1 atom stereocenters. The van der Waals surface area contributed by atoms with Gasteiger partial charge >= 0.3 is 12.1 Å². The molecular formula is C13H16N2O5. The number of rotatable bonds is 6. The van der Waals surface area contributed by atoms with Crippen molar-refractivity contribution in [1.82, 2.24) is 10.6 Å². The smallest absolute Gasteiger partial charge is 0.407 e. The summed E-state index contributed by atoms with van der Waals surface area (Å²) in [5.41, 5.74) is 0.826. The number of ether oxygens (including phenoxy) is 1. The molecule has 1 aromatic carbocycles. The van der Waals surface area contributed by atoms with Gasteiger partial charge in [0.15, 0.2) is 0 Å². The Morgan fingerprint density at radius 2 is 1.90 bits per heavy atom. The number of carbonyl (C=O) groups excluding carboxylic acids is 2. The van der Waals surface area contributed by atoms with Gasteiger partial charge in [-0.1, -0.05) is 30.3 Å². The molecule has 0 spiro atoms. The zero-order chi connectivity index (χ0) is 15.0. The maximum absolute atomic E-state index is 11.3. The Morgan fingerprint density at radius 1 is 1.25 bits per heavy atom. The Bertz CT molecular complexity index is 475. The highest BCUT2D eigenvalue weighted by molar-refractivity contribution is 5.86. The number of hydrogen-bond donors (Lipinski definition) is 3. The number of alkyl carbamates (subject to hydrolysis) is 1. The number of carbonyl (C=O) groups is 3. The van der Waals surface area contributed by atoms with Crippen molar-refractivity contribution in [3.05, 3.63) is 35.9 Å². The van der Waals surface area contributed by atoms with Crippen LogP contribution in [0, 0.1) is 0 Å². The van der Waals surface area contributed by atoms with Crippen LogP contribution in [0.5, 0.6) is 0 Å². The van der Waals surface area contributed by atoms with Gasteiger partial charge in [0.25, 0.3) is 0 Å². The van der Waals surface area contributed by atoms with Gasteiger partial charge in [0.1, 0.15) is 19.2 Å². The molecule has 1 aromatic rings. The van der Waals surface area contributed by atoms with E-state index in [1.165, 1.54) is 6.92 Å². The fraction of sp³-hybridized carbons (Fsp3) is 0.308. The van der Waals surface area contributed by atoms with Crippen LogP contribution in [0.3, 0.4) is 0 Å². The van der Waals surface area contributed by atoms with Gasteiger partial charge in [-0.05, 0) is 12.5 Å². The summed E-state index contributed by atoms with van der Waals surface area (Å²) in [4.78, 5) is 33.1. The summed E-state index contributed by atoms with van der Waals surface area (Å²) >= 11 is 0. The minimum atomic E-state index is -1.15. The molecule has 20 heavy (non-hydrogen) atoms. The molecule has 7 heteroatoms. The molecule has 7 nitrogen and oxygen atoms in total. The lowest BCUT2D eigenvalue weighted by molar-refractivity contribution is -0.141. The van der Waals surface area contributed by atoms with E-state index in [0.29, 0.717) is 0 Å². The Balaban J connectivity index is 2.23. The van der Waals surface area contributed by atoms with Crippen LogP contribution in [-0.4, -0.2) is 35.7 Å². The van der Waals surface area contributed by atoms with E-state index in [1.807, 2.05) is 18.2 Å². The minimum Gasteiger partial charge on any atom is -0.480 e. The van der Waals surface area contributed by atoms with Gasteiger partial charge in [-0.25, -0.2) is 4.79 Å².